The number of hydrogen-bond acceptors (Lipinski definition) is 3. The molecule has 1 aliphatic heterocycles. The van der Waals surface area contributed by atoms with E-state index < -0.39 is 5.54 Å². The lowest BCUT2D eigenvalue weighted by molar-refractivity contribution is 0.0992. The maximum Gasteiger partial charge on any atom is 0.205 e. The molecule has 1 saturated carbocycles. The first-order chi connectivity index (χ1) is 11.2. The van der Waals surface area contributed by atoms with E-state index in [-0.39, 0.29) is 11.5 Å². The second-order valence-corrected chi connectivity index (χ2v) is 6.30. The smallest absolute Gasteiger partial charge is 0.205 e. The molecule has 1 aliphatic carbocycles. The predicted octanol–water partition coefficient (Wildman–Crippen LogP) is 4.07. The van der Waals surface area contributed by atoms with Crippen LogP contribution in [0.15, 0.2) is 48.2 Å². The number of ketones is 1. The van der Waals surface area contributed by atoms with Crippen LogP contribution >= 0.6 is 0 Å². The zero-order valence-corrected chi connectivity index (χ0v) is 13.1. The van der Waals surface area contributed by atoms with E-state index in [0.29, 0.717) is 5.69 Å². The fourth-order valence-corrected chi connectivity index (χ4v) is 3.96. The Labute approximate surface area is 135 Å². The van der Waals surface area contributed by atoms with Crippen LogP contribution in [0.3, 0.4) is 0 Å². The van der Waals surface area contributed by atoms with E-state index in [0.717, 1.165) is 42.7 Å². The Bertz CT molecular complexity index is 793. The lowest BCUT2D eigenvalue weighted by atomic mass is 9.89. The van der Waals surface area contributed by atoms with Crippen LogP contribution in [0.25, 0.3) is 11.3 Å². The molecule has 118 valence electrons. The van der Waals surface area contributed by atoms with Gasteiger partial charge >= 0.3 is 0 Å². The number of methoxy groups -OCH3 is 1. The van der Waals surface area contributed by atoms with Gasteiger partial charge in [0.05, 0.1) is 12.8 Å². The van der Waals surface area contributed by atoms with Gasteiger partial charge < -0.3 is 14.4 Å². The van der Waals surface area contributed by atoms with E-state index in [2.05, 4.69) is 4.57 Å². The molecule has 1 aromatic heterocycles. The fraction of sp³-hybridized carbons (Fsp3) is 0.316. The Hall–Kier alpha value is -2.49. The summed E-state index contributed by atoms with van der Waals surface area (Å²) < 4.78 is 7.27. The van der Waals surface area contributed by atoms with Gasteiger partial charge in [0.15, 0.2) is 0 Å². The molecule has 1 spiro atoms. The molecule has 1 fully saturated rings. The lowest BCUT2D eigenvalue weighted by Gasteiger charge is -2.36. The Morgan fingerprint density at radius 3 is 2.35 bits per heavy atom. The van der Waals surface area contributed by atoms with Gasteiger partial charge in [0.25, 0.3) is 0 Å². The third kappa shape index (κ3) is 1.94. The van der Waals surface area contributed by atoms with Crippen molar-refractivity contribution < 1.29 is 14.6 Å². The van der Waals surface area contributed by atoms with Crippen molar-refractivity contribution >= 4 is 5.78 Å². The zero-order chi connectivity index (χ0) is 16.0. The average Bonchev–Trinajstić information content (AvgIpc) is 3.21. The second-order valence-electron chi connectivity index (χ2n) is 6.30. The number of hydrogen-bond donors (Lipinski definition) is 1. The molecule has 4 nitrogen and oxygen atoms in total. The fourth-order valence-electron chi connectivity index (χ4n) is 3.96. The number of carbonyl (C=O) groups is 1. The average molecular weight is 309 g/mol. The highest BCUT2D eigenvalue weighted by Gasteiger charge is 2.45. The summed E-state index contributed by atoms with van der Waals surface area (Å²) in [6.07, 6.45) is 5.26. The summed E-state index contributed by atoms with van der Waals surface area (Å²) in [7, 11) is 1.64. The normalized spacial score (nSPS) is 18.8. The standard InChI is InChI=1S/C19H19NO3/c1-23-14-6-4-13(5-7-14)15-8-9-16-17(21)12-18(22)19(20(15)16)10-2-3-11-19/h4-9,12,22H,2-3,10-11H2,1H3. The molecule has 0 unspecified atom stereocenters. The molecular weight excluding hydrogens is 290 g/mol. The number of carbonyl (C=O) groups excluding carboxylic acids is 1. The van der Waals surface area contributed by atoms with Crippen LogP contribution in [-0.4, -0.2) is 22.6 Å². The molecule has 4 rings (SSSR count). The van der Waals surface area contributed by atoms with Gasteiger partial charge in [0.2, 0.25) is 5.78 Å². The molecule has 0 atom stereocenters. The van der Waals surface area contributed by atoms with Crippen molar-refractivity contribution in [3.63, 3.8) is 0 Å². The molecule has 2 aliphatic rings. The maximum atomic E-state index is 12.3. The van der Waals surface area contributed by atoms with Gasteiger partial charge in [-0.25, -0.2) is 0 Å². The van der Waals surface area contributed by atoms with Crippen molar-refractivity contribution in [2.75, 3.05) is 7.11 Å². The number of fused-ring (bicyclic) bond motifs is 2. The van der Waals surface area contributed by atoms with E-state index in [4.69, 9.17) is 4.74 Å². The van der Waals surface area contributed by atoms with Crippen LogP contribution in [0.1, 0.15) is 36.2 Å². The van der Waals surface area contributed by atoms with Gasteiger partial charge in [0.1, 0.15) is 17.0 Å². The van der Waals surface area contributed by atoms with Crippen molar-refractivity contribution in [3.8, 4) is 17.0 Å². The molecule has 1 aromatic carbocycles. The molecule has 2 aromatic rings. The monoisotopic (exact) mass is 309 g/mol. The summed E-state index contributed by atoms with van der Waals surface area (Å²) in [5, 5.41) is 10.5. The zero-order valence-electron chi connectivity index (χ0n) is 13.1. The van der Waals surface area contributed by atoms with Gasteiger partial charge in [-0.1, -0.05) is 12.8 Å². The van der Waals surface area contributed by atoms with Crippen LogP contribution in [0.4, 0.5) is 0 Å². The molecule has 1 N–H and O–H groups in total. The first-order valence-electron chi connectivity index (χ1n) is 7.98. The third-order valence-corrected chi connectivity index (χ3v) is 5.12. The van der Waals surface area contributed by atoms with Crippen LogP contribution in [0.2, 0.25) is 0 Å². The highest BCUT2D eigenvalue weighted by Crippen LogP contribution is 2.47. The van der Waals surface area contributed by atoms with E-state index in [1.807, 2.05) is 36.4 Å². The van der Waals surface area contributed by atoms with Crippen molar-refractivity contribution in [2.24, 2.45) is 0 Å². The summed E-state index contributed by atoms with van der Waals surface area (Å²) in [5.41, 5.74) is 2.20. The number of aromatic nitrogens is 1. The topological polar surface area (TPSA) is 51.5 Å². The Morgan fingerprint density at radius 2 is 1.70 bits per heavy atom. The van der Waals surface area contributed by atoms with E-state index in [1.165, 1.54) is 6.08 Å². The molecule has 23 heavy (non-hydrogen) atoms. The number of allylic oxidation sites excluding steroid dienone is 2. The first kappa shape index (κ1) is 14.1. The highest BCUT2D eigenvalue weighted by atomic mass is 16.5. The summed E-state index contributed by atoms with van der Waals surface area (Å²) in [6.45, 7) is 0. The van der Waals surface area contributed by atoms with Crippen molar-refractivity contribution in [1.29, 1.82) is 0 Å². The van der Waals surface area contributed by atoms with Crippen LogP contribution in [0, 0.1) is 0 Å². The molecule has 4 heteroatoms. The molecule has 0 amide bonds. The highest BCUT2D eigenvalue weighted by molar-refractivity contribution is 6.05. The number of aliphatic hydroxyl groups excluding tert-OH is 1. The Balaban J connectivity index is 1.90. The Kier molecular flexibility index (Phi) is 3.08. The van der Waals surface area contributed by atoms with Crippen molar-refractivity contribution in [1.82, 2.24) is 4.57 Å². The number of ether oxygens (including phenoxy) is 1. The first-order valence-corrected chi connectivity index (χ1v) is 7.98. The largest absolute Gasteiger partial charge is 0.510 e. The van der Waals surface area contributed by atoms with Gasteiger partial charge in [-0.2, -0.15) is 0 Å². The summed E-state index contributed by atoms with van der Waals surface area (Å²) in [5.74, 6) is 0.881. The van der Waals surface area contributed by atoms with Crippen LogP contribution in [-0.2, 0) is 5.54 Å². The predicted molar refractivity (Wildman–Crippen MR) is 87.9 cm³/mol. The van der Waals surface area contributed by atoms with E-state index >= 15 is 0 Å². The minimum atomic E-state index is -0.456. The van der Waals surface area contributed by atoms with Gasteiger partial charge in [-0.05, 0) is 54.8 Å². The van der Waals surface area contributed by atoms with Crippen LogP contribution < -0.4 is 4.74 Å². The number of nitrogens with zero attached hydrogens (tertiary/aromatic N) is 1. The molecule has 0 saturated heterocycles. The number of benzene rings is 1. The number of aliphatic hydroxyl groups is 1. The van der Waals surface area contributed by atoms with Gasteiger partial charge in [-0.15, -0.1) is 0 Å². The molecule has 0 radical (unpaired) electrons. The minimum Gasteiger partial charge on any atom is -0.510 e. The van der Waals surface area contributed by atoms with Crippen molar-refractivity contribution in [2.45, 2.75) is 31.2 Å². The molecule has 0 bridgehead atoms. The maximum absolute atomic E-state index is 12.3. The van der Waals surface area contributed by atoms with Crippen LogP contribution in [0.5, 0.6) is 5.75 Å². The van der Waals surface area contributed by atoms with Gasteiger partial charge in [0, 0.05) is 11.8 Å². The summed E-state index contributed by atoms with van der Waals surface area (Å²) in [6, 6.07) is 11.6. The minimum absolute atomic E-state index is 0.125. The van der Waals surface area contributed by atoms with Gasteiger partial charge in [-0.3, -0.25) is 4.79 Å². The van der Waals surface area contributed by atoms with E-state index in [9.17, 15) is 9.90 Å². The van der Waals surface area contributed by atoms with Crippen molar-refractivity contribution in [3.05, 3.63) is 53.9 Å². The third-order valence-electron chi connectivity index (χ3n) is 5.12. The summed E-state index contributed by atoms with van der Waals surface area (Å²) >= 11 is 0. The summed E-state index contributed by atoms with van der Waals surface area (Å²) in [4.78, 5) is 12.3. The second kappa shape index (κ2) is 5.01. The number of rotatable bonds is 2. The lowest BCUT2D eigenvalue weighted by Crippen LogP contribution is -2.38. The molecular formula is C19H19NO3. The Morgan fingerprint density at radius 1 is 1.04 bits per heavy atom. The SMILES string of the molecule is COc1ccc(-c2ccc3n2C2(CCCC2)C(O)=CC3=O)cc1. The quantitative estimate of drug-likeness (QED) is 0.909. The molecule has 2 heterocycles. The van der Waals surface area contributed by atoms with E-state index in [1.54, 1.807) is 7.11 Å².